The van der Waals surface area contributed by atoms with Gasteiger partial charge in [-0.05, 0) is 38.5 Å². The lowest BCUT2D eigenvalue weighted by molar-refractivity contribution is 0.553. The van der Waals surface area contributed by atoms with Crippen molar-refractivity contribution in [2.24, 2.45) is 0 Å². The smallest absolute Gasteiger partial charge is 0.0351 e. The van der Waals surface area contributed by atoms with Gasteiger partial charge in [-0.15, -0.1) is 6.58 Å². The molecule has 0 amide bonds. The van der Waals surface area contributed by atoms with E-state index in [4.69, 9.17) is 0 Å². The maximum absolute atomic E-state index is 3.78. The second kappa shape index (κ2) is 22.5. The Kier molecular flexibility index (Phi) is 22.0. The Hall–Kier alpha value is -0.520. The van der Waals surface area contributed by atoms with Gasteiger partial charge in [0, 0.05) is 0 Å². The Morgan fingerprint density at radius 3 is 1.17 bits per heavy atom. The fraction of sp³-hybridized carbons (Fsp3) is 0.833. The molecule has 0 N–H and O–H groups in total. The molecule has 0 saturated carbocycles. The number of allylic oxidation sites excluding steroid dienone is 3. The van der Waals surface area contributed by atoms with Gasteiger partial charge in [-0.1, -0.05) is 109 Å². The van der Waals surface area contributed by atoms with Crippen molar-refractivity contribution in [1.29, 1.82) is 0 Å². The Morgan fingerprint density at radius 1 is 0.458 bits per heavy atom. The van der Waals surface area contributed by atoms with E-state index in [0.29, 0.717) is 0 Å². The lowest BCUT2D eigenvalue weighted by Gasteiger charge is -2.02. The molecular formula is C24H46. The molecule has 0 fully saturated rings. The minimum Gasteiger partial charge on any atom is -0.103 e. The maximum atomic E-state index is 3.78. The normalized spacial score (nSPS) is 11.4. The summed E-state index contributed by atoms with van der Waals surface area (Å²) in [4.78, 5) is 0. The number of unbranched alkanes of at least 4 members (excludes halogenated alkanes) is 17. The summed E-state index contributed by atoms with van der Waals surface area (Å²) in [6.07, 6.45) is 33.4. The van der Waals surface area contributed by atoms with Crippen LogP contribution >= 0.6 is 0 Å². The molecule has 142 valence electrons. The molecule has 0 aliphatic heterocycles. The summed E-state index contributed by atoms with van der Waals surface area (Å²) in [5.41, 5.74) is 0. The second-order valence-electron chi connectivity index (χ2n) is 7.43. The van der Waals surface area contributed by atoms with E-state index >= 15 is 0 Å². The molecule has 0 heterocycles. The minimum atomic E-state index is 1.20. The van der Waals surface area contributed by atoms with Gasteiger partial charge in [0.25, 0.3) is 0 Å². The van der Waals surface area contributed by atoms with Gasteiger partial charge in [-0.3, -0.25) is 0 Å². The topological polar surface area (TPSA) is 0 Å². The quantitative estimate of drug-likeness (QED) is 0.154. The number of hydrogen-bond donors (Lipinski definition) is 0. The largest absolute Gasteiger partial charge is 0.103 e. The van der Waals surface area contributed by atoms with Crippen molar-refractivity contribution >= 4 is 0 Å². The predicted octanol–water partition coefficient (Wildman–Crippen LogP) is 9.16. The molecule has 0 unspecified atom stereocenters. The van der Waals surface area contributed by atoms with Gasteiger partial charge in [0.1, 0.15) is 0 Å². The zero-order valence-corrected chi connectivity index (χ0v) is 16.9. The molecule has 0 aliphatic carbocycles. The molecule has 0 nitrogen and oxygen atoms in total. The van der Waals surface area contributed by atoms with E-state index < -0.39 is 0 Å². The SMILES string of the molecule is C=CCCCCCCCCCCCC/C=C\CCCCCCCC. The molecule has 0 spiro atoms. The molecule has 0 heteroatoms. The Balaban J connectivity index is 3.04. The van der Waals surface area contributed by atoms with E-state index in [0.717, 1.165) is 0 Å². The first-order valence-electron chi connectivity index (χ1n) is 11.2. The van der Waals surface area contributed by atoms with Crippen molar-refractivity contribution in [2.45, 2.75) is 129 Å². The van der Waals surface area contributed by atoms with Crippen LogP contribution in [0.3, 0.4) is 0 Å². The van der Waals surface area contributed by atoms with Crippen LogP contribution in [0.1, 0.15) is 129 Å². The van der Waals surface area contributed by atoms with Gasteiger partial charge in [0.2, 0.25) is 0 Å². The van der Waals surface area contributed by atoms with Gasteiger partial charge < -0.3 is 0 Å². The molecule has 0 aliphatic rings. The summed E-state index contributed by atoms with van der Waals surface area (Å²) >= 11 is 0. The second-order valence-corrected chi connectivity index (χ2v) is 7.43. The van der Waals surface area contributed by atoms with Gasteiger partial charge in [-0.25, -0.2) is 0 Å². The van der Waals surface area contributed by atoms with Crippen LogP contribution in [0.15, 0.2) is 24.8 Å². The van der Waals surface area contributed by atoms with Crippen LogP contribution in [0.4, 0.5) is 0 Å². The van der Waals surface area contributed by atoms with Gasteiger partial charge >= 0.3 is 0 Å². The Morgan fingerprint density at radius 2 is 0.792 bits per heavy atom. The fourth-order valence-corrected chi connectivity index (χ4v) is 3.24. The summed E-state index contributed by atoms with van der Waals surface area (Å²) in [6, 6.07) is 0. The summed E-state index contributed by atoms with van der Waals surface area (Å²) in [5.74, 6) is 0. The summed E-state index contributed by atoms with van der Waals surface area (Å²) in [6.45, 7) is 6.06. The molecule has 0 radical (unpaired) electrons. The predicted molar refractivity (Wildman–Crippen MR) is 113 cm³/mol. The molecule has 24 heavy (non-hydrogen) atoms. The monoisotopic (exact) mass is 334 g/mol. The highest BCUT2D eigenvalue weighted by Crippen LogP contribution is 2.12. The van der Waals surface area contributed by atoms with E-state index in [1.54, 1.807) is 0 Å². The van der Waals surface area contributed by atoms with E-state index in [1.807, 2.05) is 6.08 Å². The van der Waals surface area contributed by atoms with Gasteiger partial charge in [-0.2, -0.15) is 0 Å². The average Bonchev–Trinajstić information content (AvgIpc) is 2.60. The van der Waals surface area contributed by atoms with Crippen molar-refractivity contribution in [3.63, 3.8) is 0 Å². The summed E-state index contributed by atoms with van der Waals surface area (Å²) in [7, 11) is 0. The van der Waals surface area contributed by atoms with Crippen molar-refractivity contribution in [3.8, 4) is 0 Å². The molecule has 0 atom stereocenters. The van der Waals surface area contributed by atoms with Crippen molar-refractivity contribution in [3.05, 3.63) is 24.8 Å². The molecule has 0 aromatic heterocycles. The summed E-state index contributed by atoms with van der Waals surface area (Å²) in [5, 5.41) is 0. The third-order valence-electron chi connectivity index (χ3n) is 4.92. The van der Waals surface area contributed by atoms with Crippen LogP contribution in [0.5, 0.6) is 0 Å². The van der Waals surface area contributed by atoms with Crippen LogP contribution in [-0.2, 0) is 0 Å². The van der Waals surface area contributed by atoms with Crippen molar-refractivity contribution < 1.29 is 0 Å². The van der Waals surface area contributed by atoms with Crippen LogP contribution in [0.25, 0.3) is 0 Å². The zero-order chi connectivity index (χ0) is 17.6. The summed E-state index contributed by atoms with van der Waals surface area (Å²) < 4.78 is 0. The molecule has 0 rings (SSSR count). The van der Waals surface area contributed by atoms with E-state index in [1.165, 1.54) is 122 Å². The molecule has 0 aromatic rings. The lowest BCUT2D eigenvalue weighted by atomic mass is 10.0. The highest BCUT2D eigenvalue weighted by atomic mass is 14.0. The zero-order valence-electron chi connectivity index (χ0n) is 16.9. The third-order valence-corrected chi connectivity index (χ3v) is 4.92. The highest BCUT2D eigenvalue weighted by molar-refractivity contribution is 4.81. The first-order valence-corrected chi connectivity index (χ1v) is 11.2. The molecule has 0 bridgehead atoms. The third kappa shape index (κ3) is 21.5. The Bertz CT molecular complexity index is 251. The standard InChI is InChI=1S/C24H46/c1-3-5-7-9-11-13-15-17-19-21-23-24-22-20-18-16-14-12-10-8-6-4-2/h3,18,20H,1,4-17,19,21-24H2,2H3/b20-18-. The number of rotatable bonds is 20. The van der Waals surface area contributed by atoms with Crippen LogP contribution in [0, 0.1) is 0 Å². The van der Waals surface area contributed by atoms with Crippen molar-refractivity contribution in [1.82, 2.24) is 0 Å². The van der Waals surface area contributed by atoms with Crippen molar-refractivity contribution in [2.75, 3.05) is 0 Å². The van der Waals surface area contributed by atoms with Gasteiger partial charge in [0.15, 0.2) is 0 Å². The van der Waals surface area contributed by atoms with Crippen LogP contribution < -0.4 is 0 Å². The lowest BCUT2D eigenvalue weighted by Crippen LogP contribution is -1.82. The minimum absolute atomic E-state index is 1.20. The first-order chi connectivity index (χ1) is 11.9. The van der Waals surface area contributed by atoms with Gasteiger partial charge in [0.05, 0.1) is 0 Å². The highest BCUT2D eigenvalue weighted by Gasteiger charge is 1.93. The fourth-order valence-electron chi connectivity index (χ4n) is 3.24. The molecule has 0 saturated heterocycles. The molecule has 0 aromatic carbocycles. The maximum Gasteiger partial charge on any atom is -0.0351 e. The molecular weight excluding hydrogens is 288 g/mol. The van der Waals surface area contributed by atoms with E-state index in [-0.39, 0.29) is 0 Å². The van der Waals surface area contributed by atoms with E-state index in [9.17, 15) is 0 Å². The first kappa shape index (κ1) is 23.5. The van der Waals surface area contributed by atoms with E-state index in [2.05, 4.69) is 25.7 Å². The number of hydrogen-bond acceptors (Lipinski definition) is 0. The average molecular weight is 335 g/mol. The Labute approximate surface area is 154 Å². The van der Waals surface area contributed by atoms with Crippen LogP contribution in [-0.4, -0.2) is 0 Å². The van der Waals surface area contributed by atoms with Crippen LogP contribution in [0.2, 0.25) is 0 Å².